The fraction of sp³-hybridized carbons (Fsp3) is 0.485. The molecule has 0 radical (unpaired) electrons. The van der Waals surface area contributed by atoms with Crippen LogP contribution in [0.1, 0.15) is 88.7 Å². The fourth-order valence-corrected chi connectivity index (χ4v) is 5.65. The van der Waals surface area contributed by atoms with Crippen molar-refractivity contribution in [1.29, 1.82) is 0 Å². The van der Waals surface area contributed by atoms with Gasteiger partial charge in [0, 0.05) is 35.6 Å². The highest BCUT2D eigenvalue weighted by molar-refractivity contribution is 6.06. The van der Waals surface area contributed by atoms with Gasteiger partial charge < -0.3 is 30.7 Å². The molecule has 1 saturated carbocycles. The number of alkyl carbamates (subject to hydrolysis) is 1. The molecule has 12 nitrogen and oxygen atoms in total. The largest absolute Gasteiger partial charge is 0.444 e. The summed E-state index contributed by atoms with van der Waals surface area (Å²) in [5.41, 5.74) is 2.92. The number of nitrogens with one attached hydrogen (secondary N) is 4. The first-order valence-corrected chi connectivity index (χ1v) is 15.4. The number of anilines is 3. The lowest BCUT2D eigenvalue weighted by Crippen LogP contribution is -2.50. The molecular weight excluding hydrogens is 574 g/mol. The summed E-state index contributed by atoms with van der Waals surface area (Å²) in [7, 11) is 0. The summed E-state index contributed by atoms with van der Waals surface area (Å²) in [5.74, 6) is 0.665. The van der Waals surface area contributed by atoms with Gasteiger partial charge in [0.1, 0.15) is 22.8 Å². The Balaban J connectivity index is 1.57. The highest BCUT2D eigenvalue weighted by Gasteiger charge is 2.34. The third-order valence-corrected chi connectivity index (χ3v) is 7.48. The van der Waals surface area contributed by atoms with E-state index in [9.17, 15) is 14.4 Å². The Morgan fingerprint density at radius 1 is 0.978 bits per heavy atom. The van der Waals surface area contributed by atoms with Crippen LogP contribution >= 0.6 is 0 Å². The molecule has 1 aromatic carbocycles. The van der Waals surface area contributed by atoms with Gasteiger partial charge in [0.15, 0.2) is 0 Å². The lowest BCUT2D eigenvalue weighted by molar-refractivity contribution is 0.0484. The zero-order chi connectivity index (χ0) is 32.5. The van der Waals surface area contributed by atoms with Crippen LogP contribution in [-0.4, -0.2) is 56.1 Å². The molecule has 0 unspecified atom stereocenters. The van der Waals surface area contributed by atoms with E-state index in [0.29, 0.717) is 28.3 Å². The zero-order valence-electron chi connectivity index (χ0n) is 27.0. The first-order chi connectivity index (χ1) is 21.2. The monoisotopic (exact) mass is 617 g/mol. The van der Waals surface area contributed by atoms with E-state index in [1.807, 2.05) is 52.0 Å². The molecule has 12 heteroatoms. The van der Waals surface area contributed by atoms with Crippen LogP contribution in [0.25, 0.3) is 11.1 Å². The van der Waals surface area contributed by atoms with E-state index in [1.54, 1.807) is 33.2 Å². The molecule has 3 aromatic rings. The van der Waals surface area contributed by atoms with Crippen LogP contribution in [0.5, 0.6) is 0 Å². The van der Waals surface area contributed by atoms with Crippen LogP contribution in [0.2, 0.25) is 0 Å². The van der Waals surface area contributed by atoms with Gasteiger partial charge >= 0.3 is 12.2 Å². The Bertz CT molecular complexity index is 1600. The summed E-state index contributed by atoms with van der Waals surface area (Å²) in [6, 6.07) is 7.44. The normalized spacial score (nSPS) is 18.1. The van der Waals surface area contributed by atoms with Crippen molar-refractivity contribution in [2.75, 3.05) is 10.6 Å². The quantitative estimate of drug-likeness (QED) is 0.251. The SMILES string of the molecule is Cc1cccc(Nc2nc(N[C@@H]3CCCC[C@@H]3NC(=O)OC(C)(C)C)c(-c3cnn(C(=O)OC(C)(C)C)c3)c3c2C(=O)NC3)c1. The Labute approximate surface area is 263 Å². The van der Waals surface area contributed by atoms with Gasteiger partial charge in [-0.1, -0.05) is 25.0 Å². The van der Waals surface area contributed by atoms with Crippen molar-refractivity contribution in [3.05, 3.63) is 53.3 Å². The molecule has 1 aliphatic heterocycles. The summed E-state index contributed by atoms with van der Waals surface area (Å²) in [6.07, 6.45) is 5.55. The van der Waals surface area contributed by atoms with Crippen LogP contribution in [0.3, 0.4) is 0 Å². The van der Waals surface area contributed by atoms with Crippen LogP contribution < -0.4 is 21.3 Å². The van der Waals surface area contributed by atoms with Gasteiger partial charge in [0.25, 0.3) is 5.91 Å². The Hall–Kier alpha value is -4.61. The second-order valence-corrected chi connectivity index (χ2v) is 13.7. The number of benzene rings is 1. The van der Waals surface area contributed by atoms with Crippen molar-refractivity contribution in [2.45, 2.75) is 104 Å². The van der Waals surface area contributed by atoms with E-state index in [2.05, 4.69) is 26.4 Å². The van der Waals surface area contributed by atoms with Crippen LogP contribution in [-0.2, 0) is 16.0 Å². The Morgan fingerprint density at radius 3 is 2.38 bits per heavy atom. The molecule has 0 bridgehead atoms. The highest BCUT2D eigenvalue weighted by atomic mass is 16.6. The van der Waals surface area contributed by atoms with E-state index in [0.717, 1.165) is 47.2 Å². The van der Waals surface area contributed by atoms with Crippen molar-refractivity contribution < 1.29 is 23.9 Å². The number of hydrogen-bond donors (Lipinski definition) is 4. The molecule has 2 atom stereocenters. The molecule has 2 aliphatic rings. The number of hydrogen-bond acceptors (Lipinski definition) is 9. The lowest BCUT2D eigenvalue weighted by Gasteiger charge is -2.34. The van der Waals surface area contributed by atoms with Crippen molar-refractivity contribution in [2.24, 2.45) is 0 Å². The number of amides is 2. The smallest absolute Gasteiger partial charge is 0.435 e. The van der Waals surface area contributed by atoms with Gasteiger partial charge in [0.2, 0.25) is 0 Å². The molecular formula is C33H43N7O5. The number of fused-ring (bicyclic) bond motifs is 1. The first-order valence-electron chi connectivity index (χ1n) is 15.4. The minimum atomic E-state index is -0.699. The summed E-state index contributed by atoms with van der Waals surface area (Å²) >= 11 is 0. The molecule has 3 heterocycles. The molecule has 0 spiro atoms. The second kappa shape index (κ2) is 12.4. The number of nitrogens with zero attached hydrogens (tertiary/aromatic N) is 3. The van der Waals surface area contributed by atoms with Gasteiger partial charge in [-0.15, -0.1) is 0 Å². The van der Waals surface area contributed by atoms with E-state index in [1.165, 1.54) is 0 Å². The van der Waals surface area contributed by atoms with Gasteiger partial charge in [-0.05, 0) is 84.6 Å². The molecule has 1 fully saturated rings. The van der Waals surface area contributed by atoms with Crippen LogP contribution in [0, 0.1) is 6.92 Å². The van der Waals surface area contributed by atoms with E-state index < -0.39 is 23.4 Å². The summed E-state index contributed by atoms with van der Waals surface area (Å²) in [5, 5.41) is 17.3. The van der Waals surface area contributed by atoms with Gasteiger partial charge in [-0.25, -0.2) is 14.6 Å². The third kappa shape index (κ3) is 7.73. The lowest BCUT2D eigenvalue weighted by atomic mass is 9.89. The number of ether oxygens (including phenoxy) is 2. The van der Waals surface area contributed by atoms with Gasteiger partial charge in [0.05, 0.1) is 17.8 Å². The van der Waals surface area contributed by atoms with Crippen molar-refractivity contribution in [3.8, 4) is 11.1 Å². The topological polar surface area (TPSA) is 149 Å². The molecule has 4 N–H and O–H groups in total. The predicted molar refractivity (Wildman–Crippen MR) is 172 cm³/mol. The number of rotatable bonds is 6. The minimum Gasteiger partial charge on any atom is -0.444 e. The third-order valence-electron chi connectivity index (χ3n) is 7.48. The maximum atomic E-state index is 13.2. The summed E-state index contributed by atoms with van der Waals surface area (Å²) < 4.78 is 12.2. The molecule has 0 saturated heterocycles. The van der Waals surface area contributed by atoms with Crippen LogP contribution in [0.4, 0.5) is 26.9 Å². The van der Waals surface area contributed by atoms with Crippen LogP contribution in [0.15, 0.2) is 36.7 Å². The average molecular weight is 618 g/mol. The molecule has 2 aromatic heterocycles. The van der Waals surface area contributed by atoms with Crippen molar-refractivity contribution in [3.63, 3.8) is 0 Å². The zero-order valence-corrected chi connectivity index (χ0v) is 27.0. The maximum absolute atomic E-state index is 13.2. The summed E-state index contributed by atoms with van der Waals surface area (Å²) in [6.45, 7) is 13.1. The van der Waals surface area contributed by atoms with Crippen molar-refractivity contribution >= 4 is 35.4 Å². The number of pyridine rings is 1. The number of aromatic nitrogens is 3. The highest BCUT2D eigenvalue weighted by Crippen LogP contribution is 2.40. The number of carbonyl (C=O) groups is 3. The molecule has 5 rings (SSSR count). The fourth-order valence-electron chi connectivity index (χ4n) is 5.65. The predicted octanol–water partition coefficient (Wildman–Crippen LogP) is 6.27. The number of aryl methyl sites for hydroxylation is 1. The Kier molecular flexibility index (Phi) is 8.77. The van der Waals surface area contributed by atoms with Crippen molar-refractivity contribution in [1.82, 2.24) is 25.4 Å². The maximum Gasteiger partial charge on any atom is 0.435 e. The van der Waals surface area contributed by atoms with Gasteiger partial charge in [-0.2, -0.15) is 9.78 Å². The standard InChI is InChI=1S/C33H43N7O5/c1-19-11-10-12-21(15-19)36-28-26-22(17-34-29(26)41)25(20-16-35-40(18-20)31(43)45-33(5,6)7)27(39-28)37-23-13-8-9-14-24(23)38-30(42)44-32(2,3)4/h10-12,15-16,18,23-24H,8-9,13-14,17H2,1-7H3,(H,34,41)(H,38,42)(H2,36,37,39)/t23-,24+/m1/s1. The van der Waals surface area contributed by atoms with E-state index >= 15 is 0 Å². The first kappa shape index (κ1) is 31.8. The van der Waals surface area contributed by atoms with E-state index in [4.69, 9.17) is 14.5 Å². The van der Waals surface area contributed by atoms with Gasteiger partial charge in [-0.3, -0.25) is 4.79 Å². The van der Waals surface area contributed by atoms with E-state index in [-0.39, 0.29) is 24.5 Å². The molecule has 45 heavy (non-hydrogen) atoms. The summed E-state index contributed by atoms with van der Waals surface area (Å²) in [4.78, 5) is 43.8. The Morgan fingerprint density at radius 2 is 1.69 bits per heavy atom. The number of carbonyl (C=O) groups excluding carboxylic acids is 3. The molecule has 1 aliphatic carbocycles. The second-order valence-electron chi connectivity index (χ2n) is 13.7. The minimum absolute atomic E-state index is 0.173. The average Bonchev–Trinajstić information content (AvgIpc) is 3.56. The molecule has 240 valence electrons. The molecule has 2 amide bonds.